The minimum atomic E-state index is -0.451. The second-order valence-electron chi connectivity index (χ2n) is 4.33. The van der Waals surface area contributed by atoms with E-state index in [1.165, 1.54) is 12.1 Å². The second kappa shape index (κ2) is 8.48. The quantitative estimate of drug-likeness (QED) is 0.799. The number of carbonyl (C=O) groups is 1. The Morgan fingerprint density at radius 3 is 2.63 bits per heavy atom. The molecular weight excluding hydrogens is 247 g/mol. The van der Waals surface area contributed by atoms with Crippen molar-refractivity contribution >= 4 is 11.7 Å². The maximum Gasteiger partial charge on any atom is 0.321 e. The van der Waals surface area contributed by atoms with Crippen LogP contribution in [-0.4, -0.2) is 35.7 Å². The first-order valence-electron chi connectivity index (χ1n) is 6.60. The molecule has 0 saturated carbocycles. The van der Waals surface area contributed by atoms with Gasteiger partial charge in [-0.2, -0.15) is 0 Å². The maximum absolute atomic E-state index is 13.4. The average molecular weight is 268 g/mol. The smallest absolute Gasteiger partial charge is 0.321 e. The first kappa shape index (κ1) is 15.4. The number of carbonyl (C=O) groups excluding carboxylic acids is 1. The Hall–Kier alpha value is -1.62. The Morgan fingerprint density at radius 2 is 2.00 bits per heavy atom. The summed E-state index contributed by atoms with van der Waals surface area (Å²) in [5, 5.41) is 11.4. The molecule has 0 bridgehead atoms. The van der Waals surface area contributed by atoms with Crippen molar-refractivity contribution in [3.63, 3.8) is 0 Å². The van der Waals surface area contributed by atoms with Crippen molar-refractivity contribution in [3.05, 3.63) is 30.1 Å². The van der Waals surface area contributed by atoms with Crippen molar-refractivity contribution in [3.8, 4) is 0 Å². The number of benzene rings is 1. The van der Waals surface area contributed by atoms with Crippen LogP contribution in [-0.2, 0) is 0 Å². The summed E-state index contributed by atoms with van der Waals surface area (Å²) in [5.41, 5.74) is 0.179. The summed E-state index contributed by atoms with van der Waals surface area (Å²) in [5.74, 6) is -0.451. The largest absolute Gasteiger partial charge is 0.396 e. The van der Waals surface area contributed by atoms with Crippen LogP contribution >= 0.6 is 0 Å². The molecular formula is C14H21FN2O2. The molecule has 2 N–H and O–H groups in total. The number of hydrogen-bond donors (Lipinski definition) is 2. The number of hydrogen-bond acceptors (Lipinski definition) is 2. The third kappa shape index (κ3) is 5.26. The number of nitrogens with one attached hydrogen (secondary N) is 1. The molecule has 5 heteroatoms. The Balaban J connectivity index is 2.62. The first-order valence-corrected chi connectivity index (χ1v) is 6.60. The summed E-state index contributed by atoms with van der Waals surface area (Å²) in [4.78, 5) is 13.6. The fourth-order valence-electron chi connectivity index (χ4n) is 1.68. The minimum Gasteiger partial charge on any atom is -0.396 e. The van der Waals surface area contributed by atoms with Crippen molar-refractivity contribution in [2.45, 2.75) is 26.2 Å². The predicted molar refractivity (Wildman–Crippen MR) is 73.6 cm³/mol. The summed E-state index contributed by atoms with van der Waals surface area (Å²) in [6.45, 7) is 3.15. The highest BCUT2D eigenvalue weighted by Gasteiger charge is 2.14. The normalized spacial score (nSPS) is 10.3. The molecule has 1 aromatic carbocycles. The molecule has 0 aliphatic rings. The molecule has 0 aromatic heterocycles. The van der Waals surface area contributed by atoms with Crippen LogP contribution in [0.1, 0.15) is 26.2 Å². The van der Waals surface area contributed by atoms with Crippen LogP contribution in [0.4, 0.5) is 14.9 Å². The summed E-state index contributed by atoms with van der Waals surface area (Å²) in [6, 6.07) is 5.75. The van der Waals surface area contributed by atoms with Gasteiger partial charge in [-0.15, -0.1) is 0 Å². The third-order valence-electron chi connectivity index (χ3n) is 2.77. The van der Waals surface area contributed by atoms with E-state index in [0.717, 1.165) is 12.8 Å². The number of para-hydroxylation sites is 1. The number of aliphatic hydroxyl groups is 1. The fraction of sp³-hybridized carbons (Fsp3) is 0.500. The number of amides is 2. The van der Waals surface area contributed by atoms with Crippen LogP contribution < -0.4 is 5.32 Å². The van der Waals surface area contributed by atoms with Crippen molar-refractivity contribution in [2.75, 3.05) is 25.0 Å². The van der Waals surface area contributed by atoms with Gasteiger partial charge in [-0.1, -0.05) is 25.5 Å². The second-order valence-corrected chi connectivity index (χ2v) is 4.33. The van der Waals surface area contributed by atoms with Gasteiger partial charge in [0.25, 0.3) is 0 Å². The van der Waals surface area contributed by atoms with Gasteiger partial charge in [0.1, 0.15) is 5.82 Å². The van der Waals surface area contributed by atoms with E-state index in [9.17, 15) is 9.18 Å². The summed E-state index contributed by atoms with van der Waals surface area (Å²) < 4.78 is 13.4. The standard InChI is InChI=1S/C14H21FN2O2/c1-2-3-9-17(10-6-11-18)14(19)16-13-8-5-4-7-12(13)15/h4-5,7-8,18H,2-3,6,9-11H2,1H3,(H,16,19). The zero-order valence-corrected chi connectivity index (χ0v) is 11.2. The molecule has 0 unspecified atom stereocenters. The molecule has 4 nitrogen and oxygen atoms in total. The number of halogens is 1. The molecule has 2 amide bonds. The molecule has 0 fully saturated rings. The van der Waals surface area contributed by atoms with E-state index >= 15 is 0 Å². The number of aliphatic hydroxyl groups excluding tert-OH is 1. The maximum atomic E-state index is 13.4. The van der Waals surface area contributed by atoms with E-state index in [1.807, 2.05) is 6.92 Å². The van der Waals surface area contributed by atoms with Crippen LogP contribution in [0.5, 0.6) is 0 Å². The Morgan fingerprint density at radius 1 is 1.32 bits per heavy atom. The van der Waals surface area contributed by atoms with Gasteiger partial charge in [0.15, 0.2) is 0 Å². The van der Waals surface area contributed by atoms with Gasteiger partial charge in [0.2, 0.25) is 0 Å². The van der Waals surface area contributed by atoms with Gasteiger partial charge < -0.3 is 15.3 Å². The van der Waals surface area contributed by atoms with Gasteiger partial charge >= 0.3 is 6.03 Å². The van der Waals surface area contributed by atoms with Gasteiger partial charge in [0.05, 0.1) is 5.69 Å². The number of urea groups is 1. The highest BCUT2D eigenvalue weighted by molar-refractivity contribution is 5.89. The molecule has 106 valence electrons. The van der Waals surface area contributed by atoms with E-state index in [0.29, 0.717) is 19.5 Å². The van der Waals surface area contributed by atoms with E-state index in [-0.39, 0.29) is 18.3 Å². The lowest BCUT2D eigenvalue weighted by molar-refractivity contribution is 0.201. The fourth-order valence-corrected chi connectivity index (χ4v) is 1.68. The lowest BCUT2D eigenvalue weighted by atomic mass is 10.3. The van der Waals surface area contributed by atoms with Crippen LogP contribution in [0.3, 0.4) is 0 Å². The molecule has 19 heavy (non-hydrogen) atoms. The molecule has 0 radical (unpaired) electrons. The van der Waals surface area contributed by atoms with Crippen LogP contribution in [0.15, 0.2) is 24.3 Å². The topological polar surface area (TPSA) is 52.6 Å². The Bertz CT molecular complexity index is 391. The van der Waals surface area contributed by atoms with Gasteiger partial charge in [0, 0.05) is 19.7 Å². The minimum absolute atomic E-state index is 0.0373. The Labute approximate surface area is 113 Å². The molecule has 0 spiro atoms. The zero-order chi connectivity index (χ0) is 14.1. The molecule has 0 atom stereocenters. The van der Waals surface area contributed by atoms with Crippen LogP contribution in [0.2, 0.25) is 0 Å². The van der Waals surface area contributed by atoms with E-state index < -0.39 is 5.82 Å². The first-order chi connectivity index (χ1) is 9.19. The van der Waals surface area contributed by atoms with E-state index in [2.05, 4.69) is 5.32 Å². The zero-order valence-electron chi connectivity index (χ0n) is 11.2. The molecule has 0 saturated heterocycles. The van der Waals surface area contributed by atoms with Gasteiger partial charge in [-0.05, 0) is 25.0 Å². The van der Waals surface area contributed by atoms with Gasteiger partial charge in [-0.25, -0.2) is 9.18 Å². The van der Waals surface area contributed by atoms with Gasteiger partial charge in [-0.3, -0.25) is 0 Å². The number of rotatable bonds is 7. The lowest BCUT2D eigenvalue weighted by Gasteiger charge is -2.22. The highest BCUT2D eigenvalue weighted by atomic mass is 19.1. The lowest BCUT2D eigenvalue weighted by Crippen LogP contribution is -2.37. The summed E-state index contributed by atoms with van der Waals surface area (Å²) in [6.07, 6.45) is 2.38. The SMILES string of the molecule is CCCCN(CCCO)C(=O)Nc1ccccc1F. The number of unbranched alkanes of at least 4 members (excludes halogenated alkanes) is 1. The summed E-state index contributed by atoms with van der Waals surface area (Å²) >= 11 is 0. The third-order valence-corrected chi connectivity index (χ3v) is 2.77. The molecule has 1 aromatic rings. The molecule has 1 rings (SSSR count). The molecule has 0 heterocycles. The molecule has 0 aliphatic carbocycles. The number of nitrogens with zero attached hydrogens (tertiary/aromatic N) is 1. The van der Waals surface area contributed by atoms with Crippen molar-refractivity contribution in [2.24, 2.45) is 0 Å². The highest BCUT2D eigenvalue weighted by Crippen LogP contribution is 2.13. The van der Waals surface area contributed by atoms with Crippen LogP contribution in [0, 0.1) is 5.82 Å². The van der Waals surface area contributed by atoms with E-state index in [4.69, 9.17) is 5.11 Å². The Kier molecular flexibility index (Phi) is 6.89. The molecule has 0 aliphatic heterocycles. The van der Waals surface area contributed by atoms with E-state index in [1.54, 1.807) is 17.0 Å². The predicted octanol–water partition coefficient (Wildman–Crippen LogP) is 2.84. The van der Waals surface area contributed by atoms with Crippen LogP contribution in [0.25, 0.3) is 0 Å². The van der Waals surface area contributed by atoms with Crippen molar-refractivity contribution in [1.82, 2.24) is 4.90 Å². The summed E-state index contributed by atoms with van der Waals surface area (Å²) in [7, 11) is 0. The average Bonchev–Trinajstić information content (AvgIpc) is 2.41. The van der Waals surface area contributed by atoms with Crippen molar-refractivity contribution in [1.29, 1.82) is 0 Å². The number of anilines is 1. The van der Waals surface area contributed by atoms with Crippen molar-refractivity contribution < 1.29 is 14.3 Å². The monoisotopic (exact) mass is 268 g/mol.